The SMILES string of the molecule is CN(Cc1ccccc1Br)c1cccc(Cl)c1C(=O)O. The predicted molar refractivity (Wildman–Crippen MR) is 84.7 cm³/mol. The highest BCUT2D eigenvalue weighted by Crippen LogP contribution is 2.28. The van der Waals surface area contributed by atoms with Gasteiger partial charge in [-0.05, 0) is 23.8 Å². The smallest absolute Gasteiger partial charge is 0.339 e. The van der Waals surface area contributed by atoms with E-state index in [9.17, 15) is 9.90 Å². The summed E-state index contributed by atoms with van der Waals surface area (Å²) in [6.07, 6.45) is 0. The Morgan fingerprint density at radius 1 is 1.25 bits per heavy atom. The molecule has 0 bridgehead atoms. The summed E-state index contributed by atoms with van der Waals surface area (Å²) >= 11 is 9.48. The van der Waals surface area contributed by atoms with Crippen molar-refractivity contribution in [3.63, 3.8) is 0 Å². The summed E-state index contributed by atoms with van der Waals surface area (Å²) in [4.78, 5) is 13.2. The highest BCUT2D eigenvalue weighted by molar-refractivity contribution is 9.10. The molecule has 0 aliphatic heterocycles. The van der Waals surface area contributed by atoms with Crippen molar-refractivity contribution in [3.05, 3.63) is 63.1 Å². The molecule has 0 aliphatic carbocycles. The van der Waals surface area contributed by atoms with Gasteiger partial charge in [-0.25, -0.2) is 4.79 Å². The van der Waals surface area contributed by atoms with Gasteiger partial charge >= 0.3 is 5.97 Å². The van der Waals surface area contributed by atoms with Gasteiger partial charge in [0, 0.05) is 18.1 Å². The first-order valence-electron chi connectivity index (χ1n) is 5.97. The average molecular weight is 355 g/mol. The highest BCUT2D eigenvalue weighted by atomic mass is 79.9. The number of hydrogen-bond donors (Lipinski definition) is 1. The molecule has 0 saturated heterocycles. The van der Waals surface area contributed by atoms with Gasteiger partial charge in [0.2, 0.25) is 0 Å². The molecule has 0 amide bonds. The van der Waals surface area contributed by atoms with Crippen molar-refractivity contribution in [2.45, 2.75) is 6.54 Å². The van der Waals surface area contributed by atoms with Crippen molar-refractivity contribution in [3.8, 4) is 0 Å². The van der Waals surface area contributed by atoms with Gasteiger partial charge in [0.05, 0.1) is 10.7 Å². The summed E-state index contributed by atoms with van der Waals surface area (Å²) in [5.41, 5.74) is 1.80. The highest BCUT2D eigenvalue weighted by Gasteiger charge is 2.17. The van der Waals surface area contributed by atoms with Crippen LogP contribution in [0.2, 0.25) is 5.02 Å². The molecule has 0 fully saturated rings. The number of anilines is 1. The topological polar surface area (TPSA) is 40.5 Å². The van der Waals surface area contributed by atoms with E-state index in [1.807, 2.05) is 36.2 Å². The van der Waals surface area contributed by atoms with E-state index in [2.05, 4.69) is 15.9 Å². The number of rotatable bonds is 4. The fourth-order valence-electron chi connectivity index (χ4n) is 2.01. The first-order chi connectivity index (χ1) is 9.50. The van der Waals surface area contributed by atoms with Crippen molar-refractivity contribution in [2.75, 3.05) is 11.9 Å². The Kier molecular flexibility index (Phi) is 4.68. The van der Waals surface area contributed by atoms with E-state index in [-0.39, 0.29) is 10.6 Å². The second-order valence-corrected chi connectivity index (χ2v) is 5.65. The van der Waals surface area contributed by atoms with Crippen LogP contribution in [0.3, 0.4) is 0 Å². The molecule has 2 rings (SSSR count). The van der Waals surface area contributed by atoms with Crippen LogP contribution in [0.25, 0.3) is 0 Å². The largest absolute Gasteiger partial charge is 0.478 e. The van der Waals surface area contributed by atoms with E-state index in [1.165, 1.54) is 0 Å². The molecular formula is C15H13BrClNO2. The molecule has 2 aromatic rings. The lowest BCUT2D eigenvalue weighted by Crippen LogP contribution is -2.19. The summed E-state index contributed by atoms with van der Waals surface area (Å²) in [7, 11) is 1.84. The minimum Gasteiger partial charge on any atom is -0.478 e. The number of carbonyl (C=O) groups is 1. The first kappa shape index (κ1) is 14.9. The lowest BCUT2D eigenvalue weighted by atomic mass is 10.1. The molecule has 0 atom stereocenters. The van der Waals surface area contributed by atoms with Crippen molar-refractivity contribution >= 4 is 39.2 Å². The van der Waals surface area contributed by atoms with Crippen LogP contribution in [0.1, 0.15) is 15.9 Å². The standard InChI is InChI=1S/C15H13BrClNO2/c1-18(9-10-5-2-3-6-11(10)16)13-8-4-7-12(17)14(13)15(19)20/h2-8H,9H2,1H3,(H,19,20). The maximum Gasteiger partial charge on any atom is 0.339 e. The zero-order valence-corrected chi connectivity index (χ0v) is 13.1. The number of carboxylic acids is 1. The van der Waals surface area contributed by atoms with Crippen molar-refractivity contribution < 1.29 is 9.90 Å². The van der Waals surface area contributed by atoms with Gasteiger partial charge in [0.25, 0.3) is 0 Å². The minimum atomic E-state index is -1.02. The predicted octanol–water partition coefficient (Wildman–Crippen LogP) is 4.44. The van der Waals surface area contributed by atoms with Crippen LogP contribution in [0.5, 0.6) is 0 Å². The summed E-state index contributed by atoms with van der Waals surface area (Å²) in [5, 5.41) is 9.54. The lowest BCUT2D eigenvalue weighted by Gasteiger charge is -2.22. The Morgan fingerprint density at radius 3 is 2.60 bits per heavy atom. The molecule has 0 heterocycles. The number of halogens is 2. The summed E-state index contributed by atoms with van der Waals surface area (Å²) < 4.78 is 0.991. The third-order valence-electron chi connectivity index (χ3n) is 2.98. The van der Waals surface area contributed by atoms with Gasteiger partial charge in [0.15, 0.2) is 0 Å². The van der Waals surface area contributed by atoms with E-state index < -0.39 is 5.97 Å². The summed E-state index contributed by atoms with van der Waals surface area (Å²) in [6, 6.07) is 12.9. The minimum absolute atomic E-state index is 0.128. The van der Waals surface area contributed by atoms with Crippen LogP contribution >= 0.6 is 27.5 Å². The molecule has 20 heavy (non-hydrogen) atoms. The molecule has 1 N–H and O–H groups in total. The van der Waals surface area contributed by atoms with Gasteiger partial charge in [0.1, 0.15) is 5.56 Å². The quantitative estimate of drug-likeness (QED) is 0.882. The summed E-state index contributed by atoms with van der Waals surface area (Å²) in [5.74, 6) is -1.02. The third-order valence-corrected chi connectivity index (χ3v) is 4.07. The number of carboxylic acid groups (broad SMARTS) is 1. The normalized spacial score (nSPS) is 10.3. The van der Waals surface area contributed by atoms with E-state index >= 15 is 0 Å². The Bertz CT molecular complexity index is 646. The van der Waals surface area contributed by atoms with Crippen LogP contribution < -0.4 is 4.90 Å². The van der Waals surface area contributed by atoms with Crippen molar-refractivity contribution in [1.29, 1.82) is 0 Å². The fraction of sp³-hybridized carbons (Fsp3) is 0.133. The van der Waals surface area contributed by atoms with Crippen molar-refractivity contribution in [2.24, 2.45) is 0 Å². The van der Waals surface area contributed by atoms with Gasteiger partial charge < -0.3 is 10.0 Å². The molecule has 5 heteroatoms. The van der Waals surface area contributed by atoms with E-state index in [0.717, 1.165) is 10.0 Å². The Labute approximate surface area is 130 Å². The number of aromatic carboxylic acids is 1. The van der Waals surface area contributed by atoms with Crippen LogP contribution in [-0.4, -0.2) is 18.1 Å². The third kappa shape index (κ3) is 3.14. The maximum atomic E-state index is 11.3. The number of benzene rings is 2. The molecule has 2 aromatic carbocycles. The van der Waals surface area contributed by atoms with E-state index in [1.54, 1.807) is 18.2 Å². The molecular weight excluding hydrogens is 342 g/mol. The summed E-state index contributed by atoms with van der Waals surface area (Å²) in [6.45, 7) is 0.585. The van der Waals surface area contributed by atoms with E-state index in [0.29, 0.717) is 12.2 Å². The molecule has 104 valence electrons. The monoisotopic (exact) mass is 353 g/mol. The fourth-order valence-corrected chi connectivity index (χ4v) is 2.67. The van der Waals surface area contributed by atoms with Crippen molar-refractivity contribution in [1.82, 2.24) is 0 Å². The molecule has 0 radical (unpaired) electrons. The molecule has 3 nitrogen and oxygen atoms in total. The maximum absolute atomic E-state index is 11.3. The van der Waals surface area contributed by atoms with Gasteiger partial charge in [-0.1, -0.05) is 51.8 Å². The van der Waals surface area contributed by atoms with Crippen LogP contribution in [-0.2, 0) is 6.54 Å². The van der Waals surface area contributed by atoms with Crippen LogP contribution in [0.4, 0.5) is 5.69 Å². The number of hydrogen-bond acceptors (Lipinski definition) is 2. The number of nitrogens with zero attached hydrogens (tertiary/aromatic N) is 1. The van der Waals surface area contributed by atoms with Gasteiger partial charge in [-0.15, -0.1) is 0 Å². The lowest BCUT2D eigenvalue weighted by molar-refractivity contribution is 0.0697. The van der Waals surface area contributed by atoms with Gasteiger partial charge in [-0.3, -0.25) is 0 Å². The second-order valence-electron chi connectivity index (χ2n) is 4.39. The second kappa shape index (κ2) is 6.29. The Hall–Kier alpha value is -1.52. The Morgan fingerprint density at radius 2 is 1.95 bits per heavy atom. The zero-order valence-electron chi connectivity index (χ0n) is 10.8. The van der Waals surface area contributed by atoms with Crippen LogP contribution in [0.15, 0.2) is 46.9 Å². The molecule has 0 spiro atoms. The molecule has 0 saturated carbocycles. The first-order valence-corrected chi connectivity index (χ1v) is 7.14. The average Bonchev–Trinajstić information content (AvgIpc) is 2.40. The van der Waals surface area contributed by atoms with E-state index in [4.69, 9.17) is 11.6 Å². The molecule has 0 unspecified atom stereocenters. The van der Waals surface area contributed by atoms with Gasteiger partial charge in [-0.2, -0.15) is 0 Å². The Balaban J connectivity index is 2.35. The molecule has 0 aromatic heterocycles. The zero-order chi connectivity index (χ0) is 14.7. The van der Waals surface area contributed by atoms with Crippen LogP contribution in [0, 0.1) is 0 Å². The molecule has 0 aliphatic rings.